The topological polar surface area (TPSA) is 114 Å². The van der Waals surface area contributed by atoms with Gasteiger partial charge in [-0.25, -0.2) is 9.37 Å². The summed E-state index contributed by atoms with van der Waals surface area (Å²) in [4.78, 5) is 7.79. The lowest BCUT2D eigenvalue weighted by molar-refractivity contribution is 0.571. The zero-order valence-electron chi connectivity index (χ0n) is 10.3. The number of nitrogens with one attached hydrogen (secondary N) is 1. The van der Waals surface area contributed by atoms with Gasteiger partial charge in [0.05, 0.1) is 5.69 Å². The number of aliphatic imine (C=N–C) groups is 1. The second-order valence-corrected chi connectivity index (χ2v) is 4.75. The van der Waals surface area contributed by atoms with Crippen LogP contribution >= 0.6 is 11.8 Å². The zero-order valence-corrected chi connectivity index (χ0v) is 11.2. The van der Waals surface area contributed by atoms with E-state index in [0.29, 0.717) is 22.9 Å². The van der Waals surface area contributed by atoms with E-state index in [9.17, 15) is 4.39 Å². The predicted molar refractivity (Wildman–Crippen MR) is 76.7 cm³/mol. The number of benzene rings is 1. The molecule has 2 rings (SSSR count). The molecule has 0 fully saturated rings. The molecular formula is C12H12FN5OS. The van der Waals surface area contributed by atoms with Crippen LogP contribution in [0.25, 0.3) is 11.5 Å². The Kier molecular flexibility index (Phi) is 4.36. The number of guanidine groups is 1. The van der Waals surface area contributed by atoms with E-state index < -0.39 is 0 Å². The summed E-state index contributed by atoms with van der Waals surface area (Å²) in [5.41, 5.74) is 11.5. The minimum absolute atomic E-state index is 0.0136. The molecule has 1 heterocycles. The Labute approximate surface area is 118 Å². The van der Waals surface area contributed by atoms with Gasteiger partial charge in [-0.15, -0.1) is 0 Å². The molecule has 0 spiro atoms. The Hall–Kier alpha value is -2.35. The summed E-state index contributed by atoms with van der Waals surface area (Å²) < 4.78 is 18.4. The molecule has 0 aliphatic rings. The van der Waals surface area contributed by atoms with E-state index in [1.165, 1.54) is 18.4 Å². The summed E-state index contributed by atoms with van der Waals surface area (Å²) >= 11 is 1.11. The van der Waals surface area contributed by atoms with Crippen LogP contribution in [-0.4, -0.2) is 16.1 Å². The summed E-state index contributed by atoms with van der Waals surface area (Å²) in [7, 11) is 0. The fraction of sp³-hybridized carbons (Fsp3) is 0.0833. The molecular weight excluding hydrogens is 281 g/mol. The summed E-state index contributed by atoms with van der Waals surface area (Å²) in [5.74, 6) is 0.191. The lowest BCUT2D eigenvalue weighted by Crippen LogP contribution is -2.23. The Morgan fingerprint density at radius 2 is 2.25 bits per heavy atom. The van der Waals surface area contributed by atoms with Gasteiger partial charge in [-0.1, -0.05) is 17.8 Å². The van der Waals surface area contributed by atoms with E-state index in [2.05, 4.69) is 9.98 Å². The minimum Gasteiger partial charge on any atom is -0.444 e. The van der Waals surface area contributed by atoms with Crippen LogP contribution in [0, 0.1) is 11.2 Å². The highest BCUT2D eigenvalue weighted by Gasteiger charge is 2.08. The molecule has 1 aromatic heterocycles. The zero-order chi connectivity index (χ0) is 14.5. The number of thioether (sulfide) groups is 1. The molecule has 0 radical (unpaired) electrons. The van der Waals surface area contributed by atoms with Crippen molar-refractivity contribution in [2.45, 2.75) is 5.75 Å². The van der Waals surface area contributed by atoms with Crippen molar-refractivity contribution in [3.8, 4) is 11.5 Å². The van der Waals surface area contributed by atoms with E-state index in [0.717, 1.165) is 11.8 Å². The lowest BCUT2D eigenvalue weighted by Gasteiger charge is -1.96. The molecule has 6 nitrogen and oxygen atoms in total. The van der Waals surface area contributed by atoms with Crippen LogP contribution in [0.4, 0.5) is 4.39 Å². The number of amidine groups is 1. The van der Waals surface area contributed by atoms with Gasteiger partial charge in [-0.05, 0) is 18.2 Å². The highest BCUT2D eigenvalue weighted by atomic mass is 32.2. The van der Waals surface area contributed by atoms with Gasteiger partial charge >= 0.3 is 0 Å². The average molecular weight is 293 g/mol. The monoisotopic (exact) mass is 293 g/mol. The van der Waals surface area contributed by atoms with Crippen molar-refractivity contribution in [3.05, 3.63) is 42.0 Å². The van der Waals surface area contributed by atoms with Crippen molar-refractivity contribution in [2.75, 3.05) is 0 Å². The number of oxazole rings is 1. The molecule has 0 aliphatic heterocycles. The maximum atomic E-state index is 13.1. The lowest BCUT2D eigenvalue weighted by atomic mass is 10.2. The third-order valence-corrected chi connectivity index (χ3v) is 3.02. The predicted octanol–water partition coefficient (Wildman–Crippen LogP) is 1.92. The maximum absolute atomic E-state index is 13.1. The molecule has 0 unspecified atom stereocenters. The molecule has 0 amide bonds. The SMILES string of the molecule is N=C(N=C(N)N)SCc1coc(-c2cccc(F)c2)n1. The third kappa shape index (κ3) is 3.82. The third-order valence-electron chi connectivity index (χ3n) is 2.21. The van der Waals surface area contributed by atoms with Crippen molar-refractivity contribution in [3.63, 3.8) is 0 Å². The van der Waals surface area contributed by atoms with Crippen LogP contribution in [0.2, 0.25) is 0 Å². The number of rotatable bonds is 3. The molecule has 0 saturated carbocycles. The first-order valence-electron chi connectivity index (χ1n) is 5.56. The van der Waals surface area contributed by atoms with E-state index in [1.807, 2.05) is 0 Å². The largest absolute Gasteiger partial charge is 0.444 e. The first kappa shape index (κ1) is 14.1. The van der Waals surface area contributed by atoms with E-state index in [-0.39, 0.29) is 16.9 Å². The van der Waals surface area contributed by atoms with Crippen molar-refractivity contribution in [1.29, 1.82) is 5.41 Å². The molecule has 2 aromatic rings. The number of nitrogens with two attached hydrogens (primary N) is 2. The number of hydrogen-bond acceptors (Lipinski definition) is 4. The fourth-order valence-electron chi connectivity index (χ4n) is 1.42. The van der Waals surface area contributed by atoms with Crippen molar-refractivity contribution in [2.24, 2.45) is 16.5 Å². The van der Waals surface area contributed by atoms with Crippen LogP contribution in [0.1, 0.15) is 5.69 Å². The number of aromatic nitrogens is 1. The maximum Gasteiger partial charge on any atom is 0.226 e. The highest BCUT2D eigenvalue weighted by molar-refractivity contribution is 8.13. The molecule has 8 heteroatoms. The number of halogens is 1. The van der Waals surface area contributed by atoms with Crippen molar-refractivity contribution in [1.82, 2.24) is 4.98 Å². The standard InChI is InChI=1S/C12H12FN5OS/c13-8-3-1-2-7(4-8)10-17-9(5-19-10)6-20-12(16)18-11(14)15/h1-5H,6H2,(H5,14,15,16,18). The van der Waals surface area contributed by atoms with Crippen LogP contribution in [-0.2, 0) is 5.75 Å². The first-order valence-corrected chi connectivity index (χ1v) is 6.54. The Morgan fingerprint density at radius 3 is 2.95 bits per heavy atom. The Bertz CT molecular complexity index is 651. The van der Waals surface area contributed by atoms with Gasteiger partial charge in [0.2, 0.25) is 5.89 Å². The Balaban J connectivity index is 2.03. The van der Waals surface area contributed by atoms with Gasteiger partial charge in [0.15, 0.2) is 11.1 Å². The molecule has 5 N–H and O–H groups in total. The Morgan fingerprint density at radius 1 is 1.45 bits per heavy atom. The molecule has 20 heavy (non-hydrogen) atoms. The van der Waals surface area contributed by atoms with E-state index in [4.69, 9.17) is 21.3 Å². The van der Waals surface area contributed by atoms with Gasteiger partial charge in [0, 0.05) is 11.3 Å². The quantitative estimate of drug-likeness (QED) is 0.591. The molecule has 1 aromatic carbocycles. The second-order valence-electron chi connectivity index (χ2n) is 3.78. The number of hydrogen-bond donors (Lipinski definition) is 3. The minimum atomic E-state index is -0.355. The van der Waals surface area contributed by atoms with Gasteiger partial charge in [0.25, 0.3) is 0 Å². The fourth-order valence-corrected chi connectivity index (χ4v) is 2.01. The van der Waals surface area contributed by atoms with E-state index in [1.54, 1.807) is 12.1 Å². The normalized spacial score (nSPS) is 10.2. The van der Waals surface area contributed by atoms with Crippen molar-refractivity contribution < 1.29 is 8.81 Å². The summed E-state index contributed by atoms with van der Waals surface area (Å²) in [6.07, 6.45) is 1.45. The smallest absolute Gasteiger partial charge is 0.226 e. The highest BCUT2D eigenvalue weighted by Crippen LogP contribution is 2.21. The molecule has 0 saturated heterocycles. The van der Waals surface area contributed by atoms with Gasteiger partial charge in [-0.3, -0.25) is 5.41 Å². The van der Waals surface area contributed by atoms with Crippen LogP contribution in [0.5, 0.6) is 0 Å². The van der Waals surface area contributed by atoms with Crippen molar-refractivity contribution >= 4 is 22.9 Å². The summed E-state index contributed by atoms with van der Waals surface area (Å²) in [6, 6.07) is 5.97. The summed E-state index contributed by atoms with van der Waals surface area (Å²) in [5, 5.41) is 7.46. The molecule has 0 atom stereocenters. The van der Waals surface area contributed by atoms with Gasteiger partial charge in [-0.2, -0.15) is 4.99 Å². The molecule has 104 valence electrons. The number of nitrogens with zero attached hydrogens (tertiary/aromatic N) is 2. The average Bonchev–Trinajstić information content (AvgIpc) is 2.84. The van der Waals surface area contributed by atoms with E-state index >= 15 is 0 Å². The van der Waals surface area contributed by atoms with Crippen LogP contribution in [0.15, 0.2) is 39.9 Å². The van der Waals surface area contributed by atoms with Crippen LogP contribution in [0.3, 0.4) is 0 Å². The first-order chi connectivity index (χ1) is 9.54. The van der Waals surface area contributed by atoms with Gasteiger partial charge in [0.1, 0.15) is 12.1 Å². The molecule has 0 aliphatic carbocycles. The second kappa shape index (κ2) is 6.20. The van der Waals surface area contributed by atoms with Crippen LogP contribution < -0.4 is 11.5 Å². The summed E-state index contributed by atoms with van der Waals surface area (Å²) in [6.45, 7) is 0. The van der Waals surface area contributed by atoms with Gasteiger partial charge < -0.3 is 15.9 Å². The molecule has 0 bridgehead atoms.